The largest absolute Gasteiger partial charge is 0.325 e. The molecule has 0 bridgehead atoms. The van der Waals surface area contributed by atoms with E-state index in [1.165, 1.54) is 9.87 Å². The fraction of sp³-hybridized carbons (Fsp3) is 0.269. The van der Waals surface area contributed by atoms with Gasteiger partial charge >= 0.3 is 0 Å². The van der Waals surface area contributed by atoms with Gasteiger partial charge in [0.25, 0.3) is 0 Å². The molecule has 1 N–H and O–H groups in total. The first kappa shape index (κ1) is 23.7. The van der Waals surface area contributed by atoms with E-state index in [0.717, 1.165) is 17.5 Å². The molecule has 0 atom stereocenters. The quantitative estimate of drug-likeness (QED) is 0.525. The molecule has 32 heavy (non-hydrogen) atoms. The Kier molecular flexibility index (Phi) is 7.48. The molecule has 3 aromatic rings. The van der Waals surface area contributed by atoms with Crippen LogP contribution in [0, 0.1) is 20.8 Å². The van der Waals surface area contributed by atoms with Crippen molar-refractivity contribution < 1.29 is 13.2 Å². The van der Waals surface area contributed by atoms with Crippen molar-refractivity contribution in [3.8, 4) is 0 Å². The maximum atomic E-state index is 13.7. The molecule has 168 valence electrons. The summed E-state index contributed by atoms with van der Waals surface area (Å²) in [5.74, 6) is -0.379. The molecular weight excluding hydrogens is 420 g/mol. The van der Waals surface area contributed by atoms with Gasteiger partial charge in [-0.25, -0.2) is 8.42 Å². The highest BCUT2D eigenvalue weighted by atomic mass is 32.2. The second-order valence-corrected chi connectivity index (χ2v) is 9.96. The van der Waals surface area contributed by atoms with E-state index in [0.29, 0.717) is 16.8 Å². The molecule has 0 unspecified atom stereocenters. The van der Waals surface area contributed by atoms with Gasteiger partial charge in [0, 0.05) is 12.2 Å². The van der Waals surface area contributed by atoms with Crippen molar-refractivity contribution >= 4 is 21.6 Å². The minimum Gasteiger partial charge on any atom is -0.325 e. The van der Waals surface area contributed by atoms with E-state index in [-0.39, 0.29) is 23.9 Å². The number of carbonyl (C=O) groups is 1. The van der Waals surface area contributed by atoms with Gasteiger partial charge in [-0.1, -0.05) is 67.1 Å². The Morgan fingerprint density at radius 1 is 0.875 bits per heavy atom. The number of hydrogen-bond acceptors (Lipinski definition) is 3. The molecule has 0 aliphatic heterocycles. The predicted octanol–water partition coefficient (Wildman–Crippen LogP) is 5.00. The summed E-state index contributed by atoms with van der Waals surface area (Å²) in [5.41, 5.74) is 4.99. The molecule has 0 aliphatic carbocycles. The first-order valence-electron chi connectivity index (χ1n) is 10.7. The maximum Gasteiger partial charge on any atom is 0.244 e. The third kappa shape index (κ3) is 5.64. The molecule has 0 saturated carbocycles. The molecule has 0 aliphatic rings. The number of nitrogens with one attached hydrogen (secondary N) is 1. The van der Waals surface area contributed by atoms with E-state index >= 15 is 0 Å². The average Bonchev–Trinajstić information content (AvgIpc) is 2.73. The summed E-state index contributed by atoms with van der Waals surface area (Å²) < 4.78 is 28.7. The Morgan fingerprint density at radius 2 is 1.47 bits per heavy atom. The summed E-state index contributed by atoms with van der Waals surface area (Å²) in [4.78, 5) is 13.1. The monoisotopic (exact) mass is 450 g/mol. The number of rotatable bonds is 8. The summed E-state index contributed by atoms with van der Waals surface area (Å²) in [6.45, 7) is 7.42. The third-order valence-electron chi connectivity index (χ3n) is 5.37. The normalized spacial score (nSPS) is 11.5. The van der Waals surface area contributed by atoms with E-state index in [1.807, 2.05) is 73.7 Å². The molecule has 0 fully saturated rings. The lowest BCUT2D eigenvalue weighted by molar-refractivity contribution is -0.116. The van der Waals surface area contributed by atoms with Crippen molar-refractivity contribution in [2.24, 2.45) is 0 Å². The lowest BCUT2D eigenvalue weighted by atomic mass is 10.1. The third-order valence-corrected chi connectivity index (χ3v) is 7.47. The minimum absolute atomic E-state index is 0.109. The predicted molar refractivity (Wildman–Crippen MR) is 129 cm³/mol. The zero-order valence-electron chi connectivity index (χ0n) is 19.1. The Morgan fingerprint density at radius 3 is 2.03 bits per heavy atom. The number of amides is 1. The molecule has 0 heterocycles. The molecule has 0 radical (unpaired) electrons. The van der Waals surface area contributed by atoms with Gasteiger partial charge in [0.05, 0.1) is 11.4 Å². The Labute approximate surface area is 191 Å². The Bertz CT molecular complexity index is 1160. The molecule has 0 aromatic heterocycles. The fourth-order valence-corrected chi connectivity index (χ4v) is 5.70. The molecule has 0 saturated heterocycles. The van der Waals surface area contributed by atoms with Gasteiger partial charge in [-0.3, -0.25) is 4.79 Å². The highest BCUT2D eigenvalue weighted by Gasteiger charge is 2.30. The van der Waals surface area contributed by atoms with Gasteiger partial charge in [-0.15, -0.1) is 0 Å². The standard InChI is InChI=1S/C26H30N2O3S/c1-5-22-11-13-24(14-12-22)27-25(29)18-28(17-23-9-7-6-8-10-23)32(30,31)26-20(3)15-19(2)16-21(26)4/h6-16H,5,17-18H2,1-4H3,(H,27,29). The molecule has 0 spiro atoms. The Balaban J connectivity index is 1.92. The van der Waals surface area contributed by atoms with Crippen LogP contribution in [0.15, 0.2) is 71.6 Å². The van der Waals surface area contributed by atoms with Crippen molar-refractivity contribution in [1.29, 1.82) is 0 Å². The SMILES string of the molecule is CCc1ccc(NC(=O)CN(Cc2ccccc2)S(=O)(=O)c2c(C)cc(C)cc2C)cc1. The summed E-state index contributed by atoms with van der Waals surface area (Å²) in [5, 5.41) is 2.83. The molecule has 3 aromatic carbocycles. The van der Waals surface area contributed by atoms with Crippen LogP contribution in [0.1, 0.15) is 34.7 Å². The number of aryl methyl sites for hydroxylation is 4. The molecule has 6 heteroatoms. The maximum absolute atomic E-state index is 13.7. The van der Waals surface area contributed by atoms with Crippen LogP contribution in [0.2, 0.25) is 0 Å². The minimum atomic E-state index is -3.90. The lowest BCUT2D eigenvalue weighted by Gasteiger charge is -2.24. The zero-order valence-corrected chi connectivity index (χ0v) is 19.9. The second kappa shape index (κ2) is 10.1. The number of carbonyl (C=O) groups excluding carboxylic acids is 1. The fourth-order valence-electron chi connectivity index (χ4n) is 3.90. The highest BCUT2D eigenvalue weighted by Crippen LogP contribution is 2.26. The van der Waals surface area contributed by atoms with E-state index in [1.54, 1.807) is 13.8 Å². The first-order chi connectivity index (χ1) is 15.2. The zero-order chi connectivity index (χ0) is 23.3. The number of anilines is 1. The van der Waals surface area contributed by atoms with Crippen LogP contribution in [-0.4, -0.2) is 25.2 Å². The van der Waals surface area contributed by atoms with Crippen LogP contribution in [0.5, 0.6) is 0 Å². The van der Waals surface area contributed by atoms with Crippen LogP contribution in [-0.2, 0) is 27.8 Å². The summed E-state index contributed by atoms with van der Waals surface area (Å²) in [7, 11) is -3.90. The van der Waals surface area contributed by atoms with Gasteiger partial charge < -0.3 is 5.32 Å². The van der Waals surface area contributed by atoms with Crippen LogP contribution in [0.4, 0.5) is 5.69 Å². The topological polar surface area (TPSA) is 66.5 Å². The van der Waals surface area contributed by atoms with Crippen LogP contribution < -0.4 is 5.32 Å². The van der Waals surface area contributed by atoms with Crippen molar-refractivity contribution in [2.45, 2.75) is 45.6 Å². The molecule has 3 rings (SSSR count). The highest BCUT2D eigenvalue weighted by molar-refractivity contribution is 7.89. The van der Waals surface area contributed by atoms with Crippen LogP contribution in [0.25, 0.3) is 0 Å². The van der Waals surface area contributed by atoms with E-state index in [9.17, 15) is 13.2 Å². The van der Waals surface area contributed by atoms with Crippen LogP contribution in [0.3, 0.4) is 0 Å². The lowest BCUT2D eigenvalue weighted by Crippen LogP contribution is -2.38. The van der Waals surface area contributed by atoms with Crippen molar-refractivity contribution in [1.82, 2.24) is 4.31 Å². The van der Waals surface area contributed by atoms with Crippen molar-refractivity contribution in [3.05, 3.63) is 94.5 Å². The van der Waals surface area contributed by atoms with Gasteiger partial charge in [-0.05, 0) is 61.6 Å². The van der Waals surface area contributed by atoms with E-state index in [4.69, 9.17) is 0 Å². The second-order valence-electron chi connectivity index (χ2n) is 8.09. The summed E-state index contributed by atoms with van der Waals surface area (Å²) in [6, 6.07) is 20.6. The smallest absolute Gasteiger partial charge is 0.244 e. The average molecular weight is 451 g/mol. The summed E-state index contributed by atoms with van der Waals surface area (Å²) in [6.07, 6.45) is 0.909. The first-order valence-corrected chi connectivity index (χ1v) is 12.2. The number of sulfonamides is 1. The molecular formula is C26H30N2O3S. The number of nitrogens with zero attached hydrogens (tertiary/aromatic N) is 1. The van der Waals surface area contributed by atoms with Gasteiger partial charge in [0.1, 0.15) is 0 Å². The number of hydrogen-bond donors (Lipinski definition) is 1. The van der Waals surface area contributed by atoms with E-state index < -0.39 is 10.0 Å². The van der Waals surface area contributed by atoms with Crippen molar-refractivity contribution in [2.75, 3.05) is 11.9 Å². The van der Waals surface area contributed by atoms with Crippen molar-refractivity contribution in [3.63, 3.8) is 0 Å². The van der Waals surface area contributed by atoms with Gasteiger partial charge in [-0.2, -0.15) is 4.31 Å². The summed E-state index contributed by atoms with van der Waals surface area (Å²) >= 11 is 0. The molecule has 5 nitrogen and oxygen atoms in total. The van der Waals surface area contributed by atoms with E-state index in [2.05, 4.69) is 12.2 Å². The molecule has 1 amide bonds. The van der Waals surface area contributed by atoms with Gasteiger partial charge in [0.15, 0.2) is 0 Å². The van der Waals surface area contributed by atoms with Crippen LogP contribution >= 0.6 is 0 Å². The Hall–Kier alpha value is -2.96. The number of benzene rings is 3. The van der Waals surface area contributed by atoms with Gasteiger partial charge in [0.2, 0.25) is 15.9 Å².